The third-order valence-electron chi connectivity index (χ3n) is 2.50. The Hall–Kier alpha value is -1.20. The zero-order valence-corrected chi connectivity index (χ0v) is 10.4. The first-order valence-electron chi connectivity index (χ1n) is 5.21. The Labute approximate surface area is 108 Å². The molecule has 2 nitrogen and oxygen atoms in total. The van der Waals surface area contributed by atoms with Crippen LogP contribution in [-0.2, 0) is 12.6 Å². The maximum absolute atomic E-state index is 12.7. The van der Waals surface area contributed by atoms with E-state index < -0.39 is 11.7 Å². The molecule has 1 aromatic carbocycles. The van der Waals surface area contributed by atoms with E-state index in [2.05, 4.69) is 0 Å². The second kappa shape index (κ2) is 5.20. The van der Waals surface area contributed by atoms with Gasteiger partial charge in [-0.1, -0.05) is 0 Å². The number of alkyl halides is 3. The van der Waals surface area contributed by atoms with Gasteiger partial charge in [0.2, 0.25) is 0 Å². The van der Waals surface area contributed by atoms with Gasteiger partial charge in [0.1, 0.15) is 5.58 Å². The van der Waals surface area contributed by atoms with Crippen LogP contribution < -0.4 is 5.73 Å². The van der Waals surface area contributed by atoms with Crippen LogP contribution >= 0.6 is 12.4 Å². The molecule has 0 saturated heterocycles. The van der Waals surface area contributed by atoms with Crippen LogP contribution in [0.3, 0.4) is 0 Å². The summed E-state index contributed by atoms with van der Waals surface area (Å²) < 4.78 is 43.2. The van der Waals surface area contributed by atoms with Gasteiger partial charge < -0.3 is 10.2 Å². The van der Waals surface area contributed by atoms with E-state index in [-0.39, 0.29) is 18.4 Å². The molecule has 0 amide bonds. The molecule has 0 bridgehead atoms. The van der Waals surface area contributed by atoms with Crippen LogP contribution in [-0.4, -0.2) is 6.04 Å². The van der Waals surface area contributed by atoms with Crippen LogP contribution in [0, 0.1) is 0 Å². The lowest BCUT2D eigenvalue weighted by molar-refractivity contribution is -0.137. The van der Waals surface area contributed by atoms with Crippen LogP contribution in [0.15, 0.2) is 28.9 Å². The Morgan fingerprint density at radius 3 is 2.56 bits per heavy atom. The molecule has 0 aliphatic carbocycles. The van der Waals surface area contributed by atoms with Gasteiger partial charge in [-0.3, -0.25) is 0 Å². The first-order chi connectivity index (χ1) is 7.88. The summed E-state index contributed by atoms with van der Waals surface area (Å²) in [5.74, 6) is 0. The van der Waals surface area contributed by atoms with Crippen LogP contribution in [0.1, 0.15) is 18.1 Å². The van der Waals surface area contributed by atoms with Crippen molar-refractivity contribution >= 4 is 23.4 Å². The molecular weight excluding hydrogens is 267 g/mol. The van der Waals surface area contributed by atoms with Gasteiger partial charge >= 0.3 is 6.18 Å². The maximum Gasteiger partial charge on any atom is 0.416 e. The molecular formula is C12H13ClF3NO. The number of benzene rings is 1. The number of fused-ring (bicyclic) bond motifs is 1. The summed E-state index contributed by atoms with van der Waals surface area (Å²) in [4.78, 5) is 0. The number of halogens is 4. The number of rotatable bonds is 2. The molecule has 2 rings (SSSR count). The SMILES string of the molecule is CC(N)Cc1cc(C(F)(F)F)cc2ccoc12.Cl. The molecule has 0 saturated carbocycles. The van der Waals surface area contributed by atoms with Gasteiger partial charge in [-0.2, -0.15) is 13.2 Å². The first kappa shape index (κ1) is 14.9. The summed E-state index contributed by atoms with van der Waals surface area (Å²) in [5.41, 5.74) is 5.93. The van der Waals surface area contributed by atoms with E-state index in [0.717, 1.165) is 12.1 Å². The van der Waals surface area contributed by atoms with E-state index in [0.29, 0.717) is 23.0 Å². The van der Waals surface area contributed by atoms with Gasteiger partial charge in [0.25, 0.3) is 0 Å². The minimum atomic E-state index is -4.35. The molecule has 1 aromatic heterocycles. The lowest BCUT2D eigenvalue weighted by Crippen LogP contribution is -2.18. The summed E-state index contributed by atoms with van der Waals surface area (Å²) in [6, 6.07) is 3.50. The van der Waals surface area contributed by atoms with Gasteiger partial charge in [0, 0.05) is 11.4 Å². The Bertz CT molecular complexity index is 534. The monoisotopic (exact) mass is 279 g/mol. The third kappa shape index (κ3) is 2.97. The van der Waals surface area contributed by atoms with Crippen molar-refractivity contribution in [2.75, 3.05) is 0 Å². The fraction of sp³-hybridized carbons (Fsp3) is 0.333. The van der Waals surface area contributed by atoms with E-state index in [9.17, 15) is 13.2 Å². The Morgan fingerprint density at radius 1 is 1.33 bits per heavy atom. The first-order valence-corrected chi connectivity index (χ1v) is 5.21. The normalized spacial score (nSPS) is 13.4. The number of hydrogen-bond donors (Lipinski definition) is 1. The highest BCUT2D eigenvalue weighted by Gasteiger charge is 2.31. The lowest BCUT2D eigenvalue weighted by atomic mass is 10.0. The van der Waals surface area contributed by atoms with Crippen molar-refractivity contribution in [3.8, 4) is 0 Å². The van der Waals surface area contributed by atoms with Crippen molar-refractivity contribution in [3.05, 3.63) is 35.6 Å². The second-order valence-electron chi connectivity index (χ2n) is 4.15. The van der Waals surface area contributed by atoms with Crippen LogP contribution in [0.4, 0.5) is 13.2 Å². The van der Waals surface area contributed by atoms with Crippen LogP contribution in [0.2, 0.25) is 0 Å². The average molecular weight is 280 g/mol. The van der Waals surface area contributed by atoms with Gasteiger partial charge in [-0.25, -0.2) is 0 Å². The molecule has 100 valence electrons. The molecule has 0 fully saturated rings. The largest absolute Gasteiger partial charge is 0.464 e. The quantitative estimate of drug-likeness (QED) is 0.909. The Morgan fingerprint density at radius 2 is 2.00 bits per heavy atom. The van der Waals surface area contributed by atoms with Crippen molar-refractivity contribution in [1.82, 2.24) is 0 Å². The molecule has 0 aliphatic heterocycles. The molecule has 2 N–H and O–H groups in total. The Kier molecular flexibility index (Phi) is 4.29. The highest BCUT2D eigenvalue weighted by Crippen LogP contribution is 2.34. The number of furan rings is 1. The highest BCUT2D eigenvalue weighted by molar-refractivity contribution is 5.85. The topological polar surface area (TPSA) is 39.2 Å². The van der Waals surface area contributed by atoms with Crippen LogP contribution in [0.25, 0.3) is 11.0 Å². The van der Waals surface area contributed by atoms with Crippen molar-refractivity contribution < 1.29 is 17.6 Å². The summed E-state index contributed by atoms with van der Waals surface area (Å²) in [6.45, 7) is 1.75. The molecule has 6 heteroatoms. The zero-order valence-electron chi connectivity index (χ0n) is 9.62. The number of nitrogens with two attached hydrogens (primary N) is 1. The minimum Gasteiger partial charge on any atom is -0.464 e. The fourth-order valence-corrected chi connectivity index (χ4v) is 1.82. The van der Waals surface area contributed by atoms with Crippen molar-refractivity contribution in [3.63, 3.8) is 0 Å². The van der Waals surface area contributed by atoms with Gasteiger partial charge in [-0.05, 0) is 37.1 Å². The molecule has 0 radical (unpaired) electrons. The summed E-state index contributed by atoms with van der Waals surface area (Å²) in [6.07, 6.45) is -2.61. The molecule has 1 heterocycles. The van der Waals surface area contributed by atoms with Crippen molar-refractivity contribution in [2.45, 2.75) is 25.6 Å². The lowest BCUT2D eigenvalue weighted by Gasteiger charge is -2.11. The minimum absolute atomic E-state index is 0. The second-order valence-corrected chi connectivity index (χ2v) is 4.15. The molecule has 1 atom stereocenters. The van der Waals surface area contributed by atoms with E-state index in [1.807, 2.05) is 0 Å². The molecule has 1 unspecified atom stereocenters. The molecule has 18 heavy (non-hydrogen) atoms. The molecule has 0 aliphatic rings. The van der Waals surface area contributed by atoms with Gasteiger partial charge in [0.05, 0.1) is 11.8 Å². The third-order valence-corrected chi connectivity index (χ3v) is 2.50. The van der Waals surface area contributed by atoms with Crippen LogP contribution in [0.5, 0.6) is 0 Å². The van der Waals surface area contributed by atoms with E-state index in [1.54, 1.807) is 6.92 Å². The van der Waals surface area contributed by atoms with Crippen molar-refractivity contribution in [2.24, 2.45) is 5.73 Å². The predicted molar refractivity (Wildman–Crippen MR) is 65.8 cm³/mol. The van der Waals surface area contributed by atoms with E-state index >= 15 is 0 Å². The van der Waals surface area contributed by atoms with Gasteiger partial charge in [0.15, 0.2) is 0 Å². The number of hydrogen-bond acceptors (Lipinski definition) is 2. The van der Waals surface area contributed by atoms with Crippen molar-refractivity contribution in [1.29, 1.82) is 0 Å². The summed E-state index contributed by atoms with van der Waals surface area (Å²) in [5, 5.41) is 0.454. The molecule has 0 spiro atoms. The zero-order chi connectivity index (χ0) is 12.6. The molecule has 2 aromatic rings. The van der Waals surface area contributed by atoms with E-state index in [1.165, 1.54) is 12.3 Å². The standard InChI is InChI=1S/C12H12F3NO.ClH/c1-7(16)4-9-6-10(12(13,14)15)5-8-2-3-17-11(8)9;/h2-3,5-7H,4,16H2,1H3;1H. The predicted octanol–water partition coefficient (Wildman–Crippen LogP) is 3.76. The smallest absolute Gasteiger partial charge is 0.416 e. The Balaban J connectivity index is 0.00000162. The van der Waals surface area contributed by atoms with E-state index in [4.69, 9.17) is 10.2 Å². The fourth-order valence-electron chi connectivity index (χ4n) is 1.82. The van der Waals surface area contributed by atoms with Gasteiger partial charge in [-0.15, -0.1) is 12.4 Å². The summed E-state index contributed by atoms with van der Waals surface area (Å²) >= 11 is 0. The summed E-state index contributed by atoms with van der Waals surface area (Å²) in [7, 11) is 0. The average Bonchev–Trinajstić information content (AvgIpc) is 2.62. The highest BCUT2D eigenvalue weighted by atomic mass is 35.5. The maximum atomic E-state index is 12.7.